The molecule has 0 radical (unpaired) electrons. The van der Waals surface area contributed by atoms with Crippen LogP contribution in [0.4, 0.5) is 23.2 Å². The van der Waals surface area contributed by atoms with Gasteiger partial charge in [0.05, 0.1) is 35.7 Å². The van der Waals surface area contributed by atoms with Crippen LogP contribution in [0, 0.1) is 18.7 Å². The van der Waals surface area contributed by atoms with E-state index in [0.717, 1.165) is 23.7 Å². The first-order valence-corrected chi connectivity index (χ1v) is 24.4. The van der Waals surface area contributed by atoms with Crippen LogP contribution in [0.2, 0.25) is 0 Å². The largest absolute Gasteiger partial charge is 0.496 e. The van der Waals surface area contributed by atoms with Crippen LogP contribution < -0.4 is 24.8 Å². The minimum Gasteiger partial charge on any atom is -0.496 e. The molecule has 5 atom stereocenters. The molecule has 0 bridgehead atoms. The number of likely N-dealkylation sites (tertiary alicyclic amines) is 1. The Kier molecular flexibility index (Phi) is 14.2. The van der Waals surface area contributed by atoms with E-state index >= 15 is 0 Å². The van der Waals surface area contributed by atoms with E-state index in [9.17, 15) is 40.4 Å². The highest BCUT2D eigenvalue weighted by atomic mass is 32.2. The number of halogens is 4. The monoisotopic (exact) mass is 954 g/mol. The smallest absolute Gasteiger partial charge is 0.419 e. The molecule has 2 aromatic carbocycles. The molecular formula is C47H54F4N6O7S2. The Balaban J connectivity index is 1.25. The number of thiazole rings is 1. The number of ether oxygens (including phenoxy) is 2. The van der Waals surface area contributed by atoms with Crippen LogP contribution in [-0.4, -0.2) is 83.6 Å². The molecule has 354 valence electrons. The van der Waals surface area contributed by atoms with Crippen molar-refractivity contribution in [2.45, 2.75) is 120 Å². The molecule has 0 unspecified atom stereocenters. The molecule has 19 heteroatoms. The van der Waals surface area contributed by atoms with Gasteiger partial charge < -0.3 is 25.0 Å². The van der Waals surface area contributed by atoms with Crippen molar-refractivity contribution in [2.24, 2.45) is 5.92 Å². The number of nitrogens with zero attached hydrogens (tertiary/aromatic N) is 3. The number of methoxy groups -OCH3 is 1. The zero-order valence-electron chi connectivity index (χ0n) is 37.2. The Hall–Kier alpha value is -5.56. The number of amides is 3. The second-order valence-corrected chi connectivity index (χ2v) is 20.3. The summed E-state index contributed by atoms with van der Waals surface area (Å²) in [5.74, 6) is -3.33. The van der Waals surface area contributed by atoms with Gasteiger partial charge in [0.1, 0.15) is 51.7 Å². The summed E-state index contributed by atoms with van der Waals surface area (Å²) in [6, 6.07) is 5.20. The zero-order chi connectivity index (χ0) is 47.7. The molecule has 4 aromatic rings. The maximum atomic E-state index is 15.0. The number of carbonyl (C=O) groups excluding carboxylic acids is 3. The van der Waals surface area contributed by atoms with Gasteiger partial charge in [-0.2, -0.15) is 13.2 Å². The molecule has 13 nitrogen and oxygen atoms in total. The molecule has 1 aliphatic heterocycles. The van der Waals surface area contributed by atoms with E-state index < -0.39 is 80.2 Å². The fraction of sp³-hybridized carbons (Fsp3) is 0.468. The quantitative estimate of drug-likeness (QED) is 0.0443. The fourth-order valence-electron chi connectivity index (χ4n) is 8.35. The van der Waals surface area contributed by atoms with E-state index in [1.807, 2.05) is 26.2 Å². The summed E-state index contributed by atoms with van der Waals surface area (Å²) in [6.45, 7) is 13.3. The van der Waals surface area contributed by atoms with Gasteiger partial charge in [0.25, 0.3) is 5.91 Å². The van der Waals surface area contributed by atoms with E-state index in [1.54, 1.807) is 31.4 Å². The number of anilines is 1. The second kappa shape index (κ2) is 19.3. The minimum absolute atomic E-state index is 0.0553. The first-order chi connectivity index (χ1) is 31.3. The first kappa shape index (κ1) is 48.4. The topological polar surface area (TPSA) is 169 Å². The molecule has 66 heavy (non-hydrogen) atoms. The normalized spacial score (nSPS) is 21.0. The maximum absolute atomic E-state index is 15.0. The number of hydrogen-bond acceptors (Lipinski definition) is 11. The summed E-state index contributed by atoms with van der Waals surface area (Å²) in [4.78, 5) is 54.4. The molecule has 3 heterocycles. The van der Waals surface area contributed by atoms with E-state index in [1.165, 1.54) is 22.3 Å². The van der Waals surface area contributed by atoms with Crippen molar-refractivity contribution in [1.29, 1.82) is 0 Å². The van der Waals surface area contributed by atoms with Crippen LogP contribution in [-0.2, 0) is 30.6 Å². The average molecular weight is 955 g/mol. The number of aryl methyl sites for hydroxylation is 1. The van der Waals surface area contributed by atoms with Gasteiger partial charge >= 0.3 is 6.18 Å². The van der Waals surface area contributed by atoms with Gasteiger partial charge in [0, 0.05) is 40.4 Å². The Labute approximate surface area is 385 Å². The number of pyridine rings is 1. The van der Waals surface area contributed by atoms with Crippen molar-refractivity contribution in [3.63, 3.8) is 0 Å². The lowest BCUT2D eigenvalue weighted by atomic mass is 10.0. The first-order valence-electron chi connectivity index (χ1n) is 22.0. The van der Waals surface area contributed by atoms with Crippen molar-refractivity contribution >= 4 is 55.7 Å². The predicted octanol–water partition coefficient (Wildman–Crippen LogP) is 8.59. The highest BCUT2D eigenvalue weighted by Crippen LogP contribution is 2.46. The number of aromatic nitrogens is 2. The molecule has 2 saturated carbocycles. The Morgan fingerprint density at radius 3 is 2.45 bits per heavy atom. The van der Waals surface area contributed by atoms with Gasteiger partial charge in [0.15, 0.2) is 0 Å². The van der Waals surface area contributed by atoms with E-state index in [4.69, 9.17) is 19.4 Å². The highest BCUT2D eigenvalue weighted by molar-refractivity contribution is 7.91. The summed E-state index contributed by atoms with van der Waals surface area (Å²) in [7, 11) is -2.45. The van der Waals surface area contributed by atoms with Crippen LogP contribution in [0.5, 0.6) is 11.5 Å². The van der Waals surface area contributed by atoms with Crippen LogP contribution in [0.3, 0.4) is 0 Å². The Morgan fingerprint density at radius 1 is 1.06 bits per heavy atom. The standard InChI is InChI=1S/C47H54F4N6O7S2/c1-7-9-10-11-12-13-35(52-29-14-18-34(48)33(20-29)47(49,50)51)44(59)57-24-30(21-38(57)42(58)55-46(23-28(46)8-2)45(60)56-66(61,62)31-15-16-31)64-40-22-36(43-54-37(25-65-43)26(3)4)53-41-27(5)39(63-6)19-17-32(40)41/h7-8,14,17-20,22,25-26,28,30-31,35,38,52H,1-2,9-13,15-16,21,23-24H2,3-6H3,(H,55,58)(H,56,60)/t28-,30-,35+,38+,46-/m1/s1. The van der Waals surface area contributed by atoms with Gasteiger partial charge in [-0.05, 0) is 81.7 Å². The lowest BCUT2D eigenvalue weighted by molar-refractivity contribution is -0.140. The third kappa shape index (κ3) is 10.4. The molecule has 0 spiro atoms. The fourth-order valence-corrected chi connectivity index (χ4v) is 10.7. The molecule has 3 aliphatic rings. The number of nitrogens with one attached hydrogen (secondary N) is 3. The number of sulfonamides is 1. The highest BCUT2D eigenvalue weighted by Gasteiger charge is 2.62. The van der Waals surface area contributed by atoms with E-state index in [0.29, 0.717) is 77.3 Å². The lowest BCUT2D eigenvalue weighted by Crippen LogP contribution is -2.57. The summed E-state index contributed by atoms with van der Waals surface area (Å²) in [6.07, 6.45) is 0.752. The molecule has 1 saturated heterocycles. The third-order valence-electron chi connectivity index (χ3n) is 12.4. The van der Waals surface area contributed by atoms with E-state index in [2.05, 4.69) is 28.5 Å². The Bertz CT molecular complexity index is 2640. The van der Waals surface area contributed by atoms with E-state index in [-0.39, 0.29) is 37.4 Å². The van der Waals surface area contributed by atoms with Crippen molar-refractivity contribution in [1.82, 2.24) is 24.9 Å². The van der Waals surface area contributed by atoms with Crippen molar-refractivity contribution in [3.05, 3.63) is 89.7 Å². The lowest BCUT2D eigenvalue weighted by Gasteiger charge is -2.30. The number of unbranched alkanes of at least 4 members (excludes halogenated alkanes) is 3. The summed E-state index contributed by atoms with van der Waals surface area (Å²) in [5.41, 5.74) is -0.653. The maximum Gasteiger partial charge on any atom is 0.419 e. The van der Waals surface area contributed by atoms with Crippen LogP contribution in [0.25, 0.3) is 21.6 Å². The van der Waals surface area contributed by atoms with Gasteiger partial charge in [-0.1, -0.05) is 38.8 Å². The number of alkyl halides is 3. The number of benzene rings is 2. The zero-order valence-corrected chi connectivity index (χ0v) is 38.8. The molecule has 3 fully saturated rings. The Morgan fingerprint density at radius 2 is 1.82 bits per heavy atom. The molecular weight excluding hydrogens is 901 g/mol. The van der Waals surface area contributed by atoms with Crippen molar-refractivity contribution in [3.8, 4) is 22.2 Å². The predicted molar refractivity (Wildman–Crippen MR) is 244 cm³/mol. The average Bonchev–Trinajstić information content (AvgIpc) is 4.15. The molecule has 2 aliphatic carbocycles. The number of carbonyl (C=O) groups is 3. The van der Waals surface area contributed by atoms with Crippen molar-refractivity contribution < 1.29 is 49.8 Å². The number of rotatable bonds is 20. The minimum atomic E-state index is -5.02. The van der Waals surface area contributed by atoms with Crippen LogP contribution in [0.1, 0.15) is 94.4 Å². The SMILES string of the molecule is C=CCCCCC[C@H](Nc1ccc(F)c(C(F)(F)F)c1)C(=O)N1C[C@H](Oc2cc(-c3nc(C(C)C)cs3)nc3c(C)c(OC)ccc23)C[C@H]1C(=O)N[C@]1(C(=O)NS(=O)(=O)C2CC2)C[C@H]1C=C. The summed E-state index contributed by atoms with van der Waals surface area (Å²) >= 11 is 1.42. The molecule has 3 N–H and O–H groups in total. The van der Waals surface area contributed by atoms with Gasteiger partial charge in [-0.25, -0.2) is 22.8 Å². The number of allylic oxidation sites excluding steroid dienone is 1. The molecule has 3 amide bonds. The van der Waals surface area contributed by atoms with Gasteiger partial charge in [-0.15, -0.1) is 24.5 Å². The summed E-state index contributed by atoms with van der Waals surface area (Å²) in [5, 5.41) is 8.17. The van der Waals surface area contributed by atoms with Crippen LogP contribution >= 0.6 is 11.3 Å². The van der Waals surface area contributed by atoms with Crippen LogP contribution in [0.15, 0.2) is 67.1 Å². The third-order valence-corrected chi connectivity index (χ3v) is 15.1. The second-order valence-electron chi connectivity index (χ2n) is 17.5. The molecule has 2 aromatic heterocycles. The van der Waals surface area contributed by atoms with Gasteiger partial charge in [-0.3, -0.25) is 19.1 Å². The van der Waals surface area contributed by atoms with Gasteiger partial charge in [0.2, 0.25) is 21.8 Å². The van der Waals surface area contributed by atoms with Crippen molar-refractivity contribution in [2.75, 3.05) is 19.0 Å². The molecule has 7 rings (SSSR count). The number of fused-ring (bicyclic) bond motifs is 1. The summed E-state index contributed by atoms with van der Waals surface area (Å²) < 4.78 is 96.3. The number of hydrogen-bond donors (Lipinski definition) is 3.